The van der Waals surface area contributed by atoms with E-state index < -0.39 is 62.9 Å². The van der Waals surface area contributed by atoms with Crippen LogP contribution in [0.3, 0.4) is 0 Å². The number of ketones is 6. The number of rotatable bonds is 10. The van der Waals surface area contributed by atoms with Gasteiger partial charge in [-0.2, -0.15) is 12.6 Å². The molecule has 0 aromatic heterocycles. The highest BCUT2D eigenvalue weighted by Gasteiger charge is 2.78. The third-order valence-electron chi connectivity index (χ3n) is 4.63. The van der Waals surface area contributed by atoms with E-state index in [9.17, 15) is 49.2 Å². The molecular weight excluding hydrogens is 384 g/mol. The Kier molecular flexibility index (Phi) is 7.17. The molecule has 10 nitrogen and oxygen atoms in total. The number of hydrogen-bond acceptors (Lipinski definition) is 11. The summed E-state index contributed by atoms with van der Waals surface area (Å²) in [6.07, 6.45) is 0. The summed E-state index contributed by atoms with van der Waals surface area (Å²) in [5, 5.41) is 42.4. The van der Waals surface area contributed by atoms with E-state index in [0.717, 1.165) is 6.92 Å². The van der Waals surface area contributed by atoms with Crippen LogP contribution in [0.25, 0.3) is 0 Å². The van der Waals surface area contributed by atoms with Crippen LogP contribution in [0.15, 0.2) is 0 Å². The molecule has 0 aliphatic carbocycles. The fourth-order valence-corrected chi connectivity index (χ4v) is 3.25. The van der Waals surface area contributed by atoms with Gasteiger partial charge in [0.2, 0.25) is 17.0 Å². The molecule has 27 heavy (non-hydrogen) atoms. The summed E-state index contributed by atoms with van der Waals surface area (Å²) in [4.78, 5) is 72.5. The molecule has 0 aliphatic rings. The van der Waals surface area contributed by atoms with Crippen molar-refractivity contribution in [3.05, 3.63) is 0 Å². The summed E-state index contributed by atoms with van der Waals surface area (Å²) in [5.74, 6) is -9.71. The Morgan fingerprint density at radius 3 is 1.26 bits per heavy atom. The van der Waals surface area contributed by atoms with Crippen LogP contribution in [0.5, 0.6) is 0 Å². The first-order valence-corrected chi connectivity index (χ1v) is 7.99. The van der Waals surface area contributed by atoms with E-state index in [1.165, 1.54) is 0 Å². The number of carbonyl (C=O) groups is 6. The second kappa shape index (κ2) is 7.68. The van der Waals surface area contributed by atoms with Crippen molar-refractivity contribution >= 4 is 47.3 Å². The van der Waals surface area contributed by atoms with E-state index >= 15 is 0 Å². The van der Waals surface area contributed by atoms with Crippen molar-refractivity contribution in [2.75, 3.05) is 6.61 Å². The molecule has 4 atom stereocenters. The molecule has 0 amide bonds. The zero-order valence-electron chi connectivity index (χ0n) is 15.4. The smallest absolute Gasteiger partial charge is 0.240 e. The van der Waals surface area contributed by atoms with Gasteiger partial charge in [-0.3, -0.25) is 28.8 Å². The molecule has 0 aromatic carbocycles. The van der Waals surface area contributed by atoms with E-state index in [2.05, 4.69) is 12.6 Å². The van der Waals surface area contributed by atoms with Gasteiger partial charge < -0.3 is 20.4 Å². The molecule has 11 heteroatoms. The first-order chi connectivity index (χ1) is 11.9. The second-order valence-corrected chi connectivity index (χ2v) is 7.02. The lowest BCUT2D eigenvalue weighted by Gasteiger charge is -2.52. The van der Waals surface area contributed by atoms with Gasteiger partial charge in [0.05, 0.1) is 6.61 Å². The molecule has 152 valence electrons. The predicted molar refractivity (Wildman–Crippen MR) is 92.1 cm³/mol. The van der Waals surface area contributed by atoms with Gasteiger partial charge in [0.1, 0.15) is 4.75 Å². The molecule has 0 heterocycles. The van der Waals surface area contributed by atoms with Crippen molar-refractivity contribution in [2.45, 2.75) is 56.2 Å². The minimum absolute atomic E-state index is 0.501. The van der Waals surface area contributed by atoms with Crippen molar-refractivity contribution in [1.82, 2.24) is 0 Å². The molecule has 0 unspecified atom stereocenters. The van der Waals surface area contributed by atoms with Crippen LogP contribution >= 0.6 is 12.6 Å². The Labute approximate surface area is 160 Å². The standard InChI is InChI=1S/C16H22O10S/c1-7(18)12(23)14(24,9(3)20)16(26,11(5)22)15(25,10(4)21)13(27,6-17)8(2)19/h17,24-27H,6H2,1-5H3/t13-,14-,15+,16+/m0/s1. The lowest BCUT2D eigenvalue weighted by Crippen LogP contribution is -2.84. The highest BCUT2D eigenvalue weighted by molar-refractivity contribution is 7.83. The molecule has 0 saturated heterocycles. The Bertz CT molecular complexity index is 731. The summed E-state index contributed by atoms with van der Waals surface area (Å²) in [6, 6.07) is 0. The number of thiol groups is 1. The van der Waals surface area contributed by atoms with Gasteiger partial charge in [0, 0.05) is 6.92 Å². The van der Waals surface area contributed by atoms with Crippen molar-refractivity contribution in [3.8, 4) is 0 Å². The maximum Gasteiger partial charge on any atom is 0.240 e. The van der Waals surface area contributed by atoms with E-state index in [1.807, 2.05) is 0 Å². The summed E-state index contributed by atoms with van der Waals surface area (Å²) in [5.41, 5.74) is -11.7. The summed E-state index contributed by atoms with van der Waals surface area (Å²) < 4.78 is -2.93. The Balaban J connectivity index is 7.62. The number of hydrogen-bond donors (Lipinski definition) is 5. The normalized spacial score (nSPS) is 20.2. The van der Waals surface area contributed by atoms with Gasteiger partial charge in [0.15, 0.2) is 34.5 Å². The van der Waals surface area contributed by atoms with E-state index in [0.29, 0.717) is 27.7 Å². The molecule has 0 saturated carbocycles. The number of aliphatic hydroxyl groups excluding tert-OH is 1. The maximum absolute atomic E-state index is 12.3. The van der Waals surface area contributed by atoms with E-state index in [4.69, 9.17) is 0 Å². The molecule has 0 rings (SSSR count). The Morgan fingerprint density at radius 1 is 0.704 bits per heavy atom. The third-order valence-corrected chi connectivity index (χ3v) is 5.41. The topological polar surface area (TPSA) is 183 Å². The van der Waals surface area contributed by atoms with E-state index in [-0.39, 0.29) is 0 Å². The van der Waals surface area contributed by atoms with Crippen molar-refractivity contribution in [3.63, 3.8) is 0 Å². The molecule has 0 bridgehead atoms. The molecule has 0 aromatic rings. The average molecular weight is 406 g/mol. The van der Waals surface area contributed by atoms with Gasteiger partial charge in [-0.15, -0.1) is 0 Å². The average Bonchev–Trinajstić information content (AvgIpc) is 2.56. The first kappa shape index (κ1) is 25.2. The van der Waals surface area contributed by atoms with Gasteiger partial charge in [-0.1, -0.05) is 0 Å². The van der Waals surface area contributed by atoms with Crippen LogP contribution in [-0.4, -0.2) is 83.3 Å². The van der Waals surface area contributed by atoms with Crippen LogP contribution in [0.1, 0.15) is 34.6 Å². The minimum atomic E-state index is -4.03. The van der Waals surface area contributed by atoms with Crippen molar-refractivity contribution in [1.29, 1.82) is 0 Å². The highest BCUT2D eigenvalue weighted by Crippen LogP contribution is 2.46. The number of Topliss-reactive ketones (excluding diaryl/α,β-unsaturated/α-hetero) is 6. The first-order valence-electron chi connectivity index (χ1n) is 7.54. The monoisotopic (exact) mass is 406 g/mol. The molecule has 4 N–H and O–H groups in total. The van der Waals surface area contributed by atoms with Gasteiger partial charge in [-0.25, -0.2) is 0 Å². The summed E-state index contributed by atoms with van der Waals surface area (Å²) in [6.45, 7) is 1.48. The Hall–Kier alpha value is -1.79. The summed E-state index contributed by atoms with van der Waals surface area (Å²) >= 11 is 3.74. The van der Waals surface area contributed by atoms with E-state index in [1.54, 1.807) is 0 Å². The van der Waals surface area contributed by atoms with Crippen LogP contribution < -0.4 is 0 Å². The largest absolute Gasteiger partial charge is 0.394 e. The minimum Gasteiger partial charge on any atom is -0.394 e. The second-order valence-electron chi connectivity index (χ2n) is 6.26. The number of carbonyl (C=O) groups excluding carboxylic acids is 6. The zero-order chi connectivity index (χ0) is 22.2. The lowest BCUT2D eigenvalue weighted by atomic mass is 9.58. The van der Waals surface area contributed by atoms with Crippen LogP contribution in [-0.2, 0) is 28.8 Å². The quantitative estimate of drug-likeness (QED) is 0.146. The molecule has 0 spiro atoms. The van der Waals surface area contributed by atoms with Gasteiger partial charge in [-0.05, 0) is 27.7 Å². The molecular formula is C16H22O10S. The number of aliphatic hydroxyl groups is 4. The van der Waals surface area contributed by atoms with Crippen LogP contribution in [0.2, 0.25) is 0 Å². The molecule has 0 aliphatic heterocycles. The molecule has 0 fully saturated rings. The Morgan fingerprint density at radius 2 is 1.07 bits per heavy atom. The highest BCUT2D eigenvalue weighted by atomic mass is 32.1. The predicted octanol–water partition coefficient (Wildman–Crippen LogP) is -2.65. The lowest BCUT2D eigenvalue weighted by molar-refractivity contribution is -0.232. The molecule has 0 radical (unpaired) electrons. The van der Waals surface area contributed by atoms with Crippen molar-refractivity contribution < 1.29 is 49.2 Å². The summed E-state index contributed by atoms with van der Waals surface area (Å²) in [7, 11) is 0. The van der Waals surface area contributed by atoms with Crippen LogP contribution in [0, 0.1) is 0 Å². The fraction of sp³-hybridized carbons (Fsp3) is 0.625. The van der Waals surface area contributed by atoms with Crippen molar-refractivity contribution in [2.24, 2.45) is 0 Å². The third kappa shape index (κ3) is 3.09. The zero-order valence-corrected chi connectivity index (χ0v) is 16.3. The van der Waals surface area contributed by atoms with Gasteiger partial charge in [0.25, 0.3) is 0 Å². The fourth-order valence-electron chi connectivity index (χ4n) is 2.93. The maximum atomic E-state index is 12.3. The SMILES string of the molecule is CC(=O)C(=O)[C@@](O)(C(C)=O)[C@](O)(C(C)=O)[C@@](O)(C(C)=O)[C@](S)(CO)C(C)=O. The van der Waals surface area contributed by atoms with Crippen LogP contribution in [0.4, 0.5) is 0 Å². The van der Waals surface area contributed by atoms with Gasteiger partial charge >= 0.3 is 0 Å².